The van der Waals surface area contributed by atoms with Crippen molar-refractivity contribution in [2.45, 2.75) is 46.6 Å². The summed E-state index contributed by atoms with van der Waals surface area (Å²) in [5.41, 5.74) is 1.30. The van der Waals surface area contributed by atoms with Gasteiger partial charge in [-0.05, 0) is 69.2 Å². The molecule has 0 fully saturated rings. The summed E-state index contributed by atoms with van der Waals surface area (Å²) in [6.07, 6.45) is 2.68. The zero-order valence-electron chi connectivity index (χ0n) is 19.5. The van der Waals surface area contributed by atoms with E-state index in [9.17, 15) is 19.6 Å². The van der Waals surface area contributed by atoms with Crippen molar-refractivity contribution in [1.82, 2.24) is 4.90 Å². The van der Waals surface area contributed by atoms with Crippen LogP contribution < -0.4 is 0 Å². The minimum absolute atomic E-state index is 0.0558. The fourth-order valence-electron chi connectivity index (χ4n) is 3.49. The smallest absolute Gasteiger partial charge is 0.339 e. The van der Waals surface area contributed by atoms with E-state index in [1.165, 1.54) is 6.08 Å². The fourth-order valence-corrected chi connectivity index (χ4v) is 3.68. The predicted octanol–water partition coefficient (Wildman–Crippen LogP) is 5.56. The van der Waals surface area contributed by atoms with Gasteiger partial charge < -0.3 is 9.15 Å². The molecule has 0 saturated heterocycles. The van der Waals surface area contributed by atoms with E-state index in [1.54, 1.807) is 51.1 Å². The molecule has 8 heteroatoms. The molecule has 0 radical (unpaired) electrons. The van der Waals surface area contributed by atoms with Crippen molar-refractivity contribution in [1.29, 1.82) is 5.26 Å². The molecule has 1 aromatic carbocycles. The second-order valence-corrected chi connectivity index (χ2v) is 8.54. The van der Waals surface area contributed by atoms with Gasteiger partial charge in [-0.1, -0.05) is 24.9 Å². The van der Waals surface area contributed by atoms with E-state index in [4.69, 9.17) is 20.8 Å². The number of imide groups is 1. The minimum atomic E-state index is -0.572. The number of rotatable bonds is 7. The zero-order chi connectivity index (χ0) is 25.0. The highest BCUT2D eigenvalue weighted by molar-refractivity contribution is 6.33. The third kappa shape index (κ3) is 5.13. The molecule has 2 aromatic rings. The summed E-state index contributed by atoms with van der Waals surface area (Å²) in [7, 11) is 0. The summed E-state index contributed by atoms with van der Waals surface area (Å²) in [6, 6.07) is 10.2. The average molecular weight is 481 g/mol. The number of carbonyl (C=O) groups is 3. The Morgan fingerprint density at radius 2 is 1.97 bits per heavy atom. The lowest BCUT2D eigenvalue weighted by Gasteiger charge is -2.27. The van der Waals surface area contributed by atoms with Crippen LogP contribution in [-0.4, -0.2) is 35.3 Å². The first kappa shape index (κ1) is 25.0. The Balaban J connectivity index is 1.97. The van der Waals surface area contributed by atoms with Gasteiger partial charge in [-0.2, -0.15) is 5.26 Å². The second kappa shape index (κ2) is 10.5. The summed E-state index contributed by atoms with van der Waals surface area (Å²) >= 11 is 6.18. The van der Waals surface area contributed by atoms with Crippen LogP contribution >= 0.6 is 11.6 Å². The lowest BCUT2D eigenvalue weighted by atomic mass is 9.94. The number of esters is 1. The molecule has 0 unspecified atom stereocenters. The average Bonchev–Trinajstić information content (AvgIpc) is 3.25. The zero-order valence-corrected chi connectivity index (χ0v) is 20.2. The monoisotopic (exact) mass is 480 g/mol. The van der Waals surface area contributed by atoms with Gasteiger partial charge in [0.05, 0.1) is 16.7 Å². The molecule has 2 amide bonds. The van der Waals surface area contributed by atoms with Crippen molar-refractivity contribution >= 4 is 35.5 Å². The van der Waals surface area contributed by atoms with Crippen LogP contribution in [0.2, 0.25) is 5.02 Å². The van der Waals surface area contributed by atoms with Gasteiger partial charge in [0.2, 0.25) is 0 Å². The molecule has 34 heavy (non-hydrogen) atoms. The quantitative estimate of drug-likeness (QED) is 0.292. The predicted molar refractivity (Wildman–Crippen MR) is 128 cm³/mol. The number of nitrogens with zero attached hydrogens (tertiary/aromatic N) is 2. The van der Waals surface area contributed by atoms with Gasteiger partial charge in [0.25, 0.3) is 11.8 Å². The summed E-state index contributed by atoms with van der Waals surface area (Å²) < 4.78 is 11.1. The van der Waals surface area contributed by atoms with E-state index in [2.05, 4.69) is 0 Å². The van der Waals surface area contributed by atoms with Gasteiger partial charge in [-0.15, -0.1) is 0 Å². The van der Waals surface area contributed by atoms with Gasteiger partial charge in [-0.25, -0.2) is 4.79 Å². The van der Waals surface area contributed by atoms with E-state index in [0.29, 0.717) is 29.1 Å². The van der Waals surface area contributed by atoms with Crippen LogP contribution in [0.3, 0.4) is 0 Å². The molecule has 0 aliphatic carbocycles. The number of carbonyl (C=O) groups excluding carboxylic acids is 3. The van der Waals surface area contributed by atoms with E-state index in [-0.39, 0.29) is 34.4 Å². The number of ether oxygens (including phenoxy) is 1. The van der Waals surface area contributed by atoms with Crippen LogP contribution in [-0.2, 0) is 14.3 Å². The molecule has 0 atom stereocenters. The number of unbranched alkanes of at least 4 members (excludes halogenated alkanes) is 1. The van der Waals surface area contributed by atoms with E-state index in [1.807, 2.05) is 13.0 Å². The third-order valence-corrected chi connectivity index (χ3v) is 5.62. The number of benzene rings is 1. The van der Waals surface area contributed by atoms with Gasteiger partial charge in [0.1, 0.15) is 23.2 Å². The number of hydrogen-bond acceptors (Lipinski definition) is 6. The van der Waals surface area contributed by atoms with Crippen molar-refractivity contribution in [3.63, 3.8) is 0 Å². The Morgan fingerprint density at radius 1 is 1.24 bits per heavy atom. The SMILES string of the molecule is CCCCN1C(=O)C(C#N)=C(C)/C(=C\c2ccc(-c3ccc(Cl)c(C(=O)OC(C)C)c3)o2)C1=O. The van der Waals surface area contributed by atoms with Gasteiger partial charge in [0.15, 0.2) is 0 Å². The van der Waals surface area contributed by atoms with Gasteiger partial charge in [0, 0.05) is 17.7 Å². The molecule has 7 nitrogen and oxygen atoms in total. The van der Waals surface area contributed by atoms with Crippen molar-refractivity contribution in [2.24, 2.45) is 0 Å². The Bertz CT molecular complexity index is 1250. The summed E-state index contributed by atoms with van der Waals surface area (Å²) in [5, 5.41) is 9.74. The van der Waals surface area contributed by atoms with Crippen LogP contribution in [0, 0.1) is 11.3 Å². The van der Waals surface area contributed by atoms with Crippen molar-refractivity contribution < 1.29 is 23.5 Å². The third-order valence-electron chi connectivity index (χ3n) is 5.29. The highest BCUT2D eigenvalue weighted by Crippen LogP contribution is 2.31. The highest BCUT2D eigenvalue weighted by atomic mass is 35.5. The lowest BCUT2D eigenvalue weighted by Crippen LogP contribution is -2.43. The fraction of sp³-hybridized carbons (Fsp3) is 0.308. The maximum absolute atomic E-state index is 13.0. The molecule has 1 aliphatic heterocycles. The Hall–Kier alpha value is -3.63. The van der Waals surface area contributed by atoms with E-state index >= 15 is 0 Å². The number of amides is 2. The van der Waals surface area contributed by atoms with Crippen LogP contribution in [0.5, 0.6) is 0 Å². The normalized spacial score (nSPS) is 15.3. The van der Waals surface area contributed by atoms with Crippen LogP contribution in [0.4, 0.5) is 0 Å². The number of furan rings is 1. The standard InChI is InChI=1S/C26H25ClN2O5/c1-5-6-11-29-24(30)19(16(4)21(14-28)25(29)31)13-18-8-10-23(34-18)17-7-9-22(27)20(12-17)26(32)33-15(2)3/h7-10,12-13,15H,5-6,11H2,1-4H3/b19-13+. The molecule has 1 aromatic heterocycles. The number of hydrogen-bond donors (Lipinski definition) is 0. The molecule has 3 rings (SSSR count). The van der Waals surface area contributed by atoms with Crippen molar-refractivity contribution in [3.05, 3.63) is 63.4 Å². The van der Waals surface area contributed by atoms with Crippen molar-refractivity contribution in [3.8, 4) is 17.4 Å². The molecule has 1 aliphatic rings. The first-order valence-electron chi connectivity index (χ1n) is 11.0. The Labute approximate surface area is 203 Å². The molecular weight excluding hydrogens is 456 g/mol. The topological polar surface area (TPSA) is 101 Å². The summed E-state index contributed by atoms with van der Waals surface area (Å²) in [4.78, 5) is 39.1. The molecule has 0 spiro atoms. The number of nitriles is 1. The maximum Gasteiger partial charge on any atom is 0.339 e. The van der Waals surface area contributed by atoms with Crippen LogP contribution in [0.25, 0.3) is 17.4 Å². The van der Waals surface area contributed by atoms with Gasteiger partial charge >= 0.3 is 5.97 Å². The summed E-state index contributed by atoms with van der Waals surface area (Å²) in [6.45, 7) is 7.27. The maximum atomic E-state index is 13.0. The molecule has 0 N–H and O–H groups in total. The van der Waals surface area contributed by atoms with E-state index in [0.717, 1.165) is 11.3 Å². The largest absolute Gasteiger partial charge is 0.459 e. The first-order valence-corrected chi connectivity index (χ1v) is 11.4. The van der Waals surface area contributed by atoms with Crippen LogP contribution in [0.1, 0.15) is 56.7 Å². The molecule has 176 valence electrons. The molecule has 2 heterocycles. The Kier molecular flexibility index (Phi) is 7.75. The van der Waals surface area contributed by atoms with Crippen LogP contribution in [0.15, 0.2) is 51.5 Å². The Morgan fingerprint density at radius 3 is 2.62 bits per heavy atom. The highest BCUT2D eigenvalue weighted by Gasteiger charge is 2.35. The first-order chi connectivity index (χ1) is 16.2. The van der Waals surface area contributed by atoms with Crippen molar-refractivity contribution in [2.75, 3.05) is 6.54 Å². The number of halogens is 1. The molecule has 0 bridgehead atoms. The van der Waals surface area contributed by atoms with Gasteiger partial charge in [-0.3, -0.25) is 14.5 Å². The summed E-state index contributed by atoms with van der Waals surface area (Å²) in [5.74, 6) is -0.756. The molecule has 0 saturated carbocycles. The second-order valence-electron chi connectivity index (χ2n) is 8.14. The lowest BCUT2D eigenvalue weighted by molar-refractivity contribution is -0.140. The molecular formula is C26H25ClN2O5. The van der Waals surface area contributed by atoms with E-state index < -0.39 is 17.8 Å². The minimum Gasteiger partial charge on any atom is -0.459 e.